The normalized spacial score (nSPS) is 14.7. The van der Waals surface area contributed by atoms with Crippen LogP contribution in [0.4, 0.5) is 10.3 Å². The van der Waals surface area contributed by atoms with E-state index in [9.17, 15) is 4.79 Å². The maximum Gasteiger partial charge on any atom is 0.226 e. The van der Waals surface area contributed by atoms with Gasteiger partial charge in [-0.05, 0) is 50.9 Å². The lowest BCUT2D eigenvalue weighted by molar-refractivity contribution is -0.116. The number of carbonyl (C=O) groups is 1. The summed E-state index contributed by atoms with van der Waals surface area (Å²) in [6.45, 7) is 3.24. The number of hydrogen-bond acceptors (Lipinski definition) is 5. The molecular weight excluding hydrogens is 428 g/mol. The van der Waals surface area contributed by atoms with Crippen molar-refractivity contribution in [2.75, 3.05) is 17.2 Å². The van der Waals surface area contributed by atoms with Crippen molar-refractivity contribution in [3.8, 4) is 0 Å². The van der Waals surface area contributed by atoms with Gasteiger partial charge >= 0.3 is 0 Å². The summed E-state index contributed by atoms with van der Waals surface area (Å²) in [7, 11) is 0. The maximum absolute atomic E-state index is 12.2. The summed E-state index contributed by atoms with van der Waals surface area (Å²) in [5.74, 6) is 0.810. The van der Waals surface area contributed by atoms with E-state index in [1.807, 2.05) is 0 Å². The molecule has 6 heteroatoms. The van der Waals surface area contributed by atoms with E-state index in [1.54, 1.807) is 0 Å². The van der Waals surface area contributed by atoms with Gasteiger partial charge in [-0.3, -0.25) is 4.79 Å². The van der Waals surface area contributed by atoms with Crippen LogP contribution in [0.3, 0.4) is 0 Å². The van der Waals surface area contributed by atoms with E-state index in [-0.39, 0.29) is 5.91 Å². The van der Waals surface area contributed by atoms with Crippen LogP contribution in [0.2, 0.25) is 0 Å². The van der Waals surface area contributed by atoms with Crippen LogP contribution in [-0.2, 0) is 4.79 Å². The third-order valence-electron chi connectivity index (χ3n) is 6.60. The second-order valence-corrected chi connectivity index (χ2v) is 10.7. The van der Waals surface area contributed by atoms with E-state index >= 15 is 0 Å². The molecule has 0 radical (unpaired) electrons. The molecule has 5 nitrogen and oxygen atoms in total. The number of carbonyl (C=O) groups excluding carboxylic acids is 1. The van der Waals surface area contributed by atoms with E-state index < -0.39 is 0 Å². The Kier molecular flexibility index (Phi) is 16.0. The molecule has 2 rings (SSSR count). The van der Waals surface area contributed by atoms with Crippen molar-refractivity contribution in [3.63, 3.8) is 0 Å². The van der Waals surface area contributed by atoms with E-state index in [1.165, 1.54) is 114 Å². The predicted molar refractivity (Wildman–Crippen MR) is 143 cm³/mol. The summed E-state index contributed by atoms with van der Waals surface area (Å²) in [5.41, 5.74) is 0. The fraction of sp³-hybridized carbons (Fsp3) is 0.815. The Hall–Kier alpha value is -1.43. The fourth-order valence-corrected chi connectivity index (χ4v) is 5.17. The number of unbranched alkanes of at least 4 members (excludes halogenated alkanes) is 11. The molecule has 1 aliphatic rings. The van der Waals surface area contributed by atoms with E-state index in [0.29, 0.717) is 11.6 Å². The molecule has 0 unspecified atom stereocenters. The number of nitrogens with zero attached hydrogens (tertiary/aromatic N) is 2. The van der Waals surface area contributed by atoms with Gasteiger partial charge in [0, 0.05) is 13.0 Å². The van der Waals surface area contributed by atoms with Gasteiger partial charge in [-0.25, -0.2) is 0 Å². The molecule has 0 spiro atoms. The zero-order chi connectivity index (χ0) is 23.4. The molecule has 0 aromatic carbocycles. The van der Waals surface area contributed by atoms with Crippen LogP contribution in [-0.4, -0.2) is 22.6 Å². The molecule has 0 bridgehead atoms. The zero-order valence-electron chi connectivity index (χ0n) is 21.1. The van der Waals surface area contributed by atoms with E-state index in [0.717, 1.165) is 30.4 Å². The third kappa shape index (κ3) is 14.4. The highest BCUT2D eigenvalue weighted by Crippen LogP contribution is 2.25. The molecule has 0 saturated heterocycles. The highest BCUT2D eigenvalue weighted by Gasteiger charge is 2.14. The molecule has 1 amide bonds. The van der Waals surface area contributed by atoms with Crippen molar-refractivity contribution in [2.45, 2.75) is 129 Å². The first-order valence-corrected chi connectivity index (χ1v) is 14.6. The van der Waals surface area contributed by atoms with Crippen molar-refractivity contribution in [2.24, 2.45) is 5.92 Å². The average Bonchev–Trinajstić information content (AvgIpc) is 3.28. The van der Waals surface area contributed by atoms with E-state index in [4.69, 9.17) is 0 Å². The van der Waals surface area contributed by atoms with E-state index in [2.05, 4.69) is 39.9 Å². The number of nitrogens with one attached hydrogen (secondary N) is 2. The Morgan fingerprint density at radius 2 is 1.45 bits per heavy atom. The smallest absolute Gasteiger partial charge is 0.226 e. The second-order valence-electron chi connectivity index (χ2n) is 9.68. The molecule has 1 aromatic heterocycles. The number of rotatable bonds is 19. The highest BCUT2D eigenvalue weighted by molar-refractivity contribution is 7.19. The molecule has 1 aromatic rings. The van der Waals surface area contributed by atoms with Gasteiger partial charge in [0.25, 0.3) is 0 Å². The summed E-state index contributed by atoms with van der Waals surface area (Å²) in [5, 5.41) is 16.0. The second kappa shape index (κ2) is 18.9. The standard InChI is InChI=1S/C27H48N4OS/c1-2-3-4-5-6-7-8-9-10-11-12-13-14-15-19-22-25(32)29-27-31-30-26(33-27)28-23-24-20-17-16-18-21-24/h9-10,24H,2-8,11-23H2,1H3,(H,28,30)(H,29,31,32). The van der Waals surface area contributed by atoms with Crippen LogP contribution in [0.15, 0.2) is 12.2 Å². The Labute approximate surface area is 206 Å². The summed E-state index contributed by atoms with van der Waals surface area (Å²) in [6.07, 6.45) is 28.5. The predicted octanol–water partition coefficient (Wildman–Crippen LogP) is 8.51. The molecule has 1 saturated carbocycles. The number of allylic oxidation sites excluding steroid dienone is 2. The molecule has 1 heterocycles. The monoisotopic (exact) mass is 476 g/mol. The van der Waals surface area contributed by atoms with Gasteiger partial charge in [0.1, 0.15) is 0 Å². The Bertz CT molecular complexity index is 640. The van der Waals surface area contributed by atoms with Gasteiger partial charge in [0.15, 0.2) is 0 Å². The number of hydrogen-bond donors (Lipinski definition) is 2. The average molecular weight is 477 g/mol. The van der Waals surface area contributed by atoms with Crippen molar-refractivity contribution in [1.82, 2.24) is 10.2 Å². The lowest BCUT2D eigenvalue weighted by atomic mass is 9.89. The summed E-state index contributed by atoms with van der Waals surface area (Å²) >= 11 is 1.44. The van der Waals surface area contributed by atoms with Gasteiger partial charge < -0.3 is 10.6 Å². The lowest BCUT2D eigenvalue weighted by Gasteiger charge is -2.21. The first-order valence-electron chi connectivity index (χ1n) is 13.8. The van der Waals surface area contributed by atoms with Gasteiger partial charge in [0.05, 0.1) is 0 Å². The molecular formula is C27H48N4OS. The van der Waals surface area contributed by atoms with Crippen LogP contribution >= 0.6 is 11.3 Å². The van der Waals surface area contributed by atoms with Crippen molar-refractivity contribution < 1.29 is 4.79 Å². The molecule has 188 valence electrons. The maximum atomic E-state index is 12.2. The van der Waals surface area contributed by atoms with Crippen LogP contribution < -0.4 is 10.6 Å². The van der Waals surface area contributed by atoms with Crippen LogP contribution in [0.25, 0.3) is 0 Å². The van der Waals surface area contributed by atoms with Gasteiger partial charge in [-0.2, -0.15) is 0 Å². The zero-order valence-corrected chi connectivity index (χ0v) is 21.9. The number of aromatic nitrogens is 2. The molecule has 2 N–H and O–H groups in total. The minimum atomic E-state index is 0.0580. The lowest BCUT2D eigenvalue weighted by Crippen LogP contribution is -2.16. The number of amides is 1. The largest absolute Gasteiger partial charge is 0.360 e. The van der Waals surface area contributed by atoms with Crippen molar-refractivity contribution in [1.29, 1.82) is 0 Å². The molecule has 1 fully saturated rings. The molecule has 1 aliphatic carbocycles. The van der Waals surface area contributed by atoms with Crippen molar-refractivity contribution >= 4 is 27.5 Å². The van der Waals surface area contributed by atoms with Crippen LogP contribution in [0, 0.1) is 5.92 Å². The Morgan fingerprint density at radius 1 is 0.848 bits per heavy atom. The van der Waals surface area contributed by atoms with Crippen LogP contribution in [0.1, 0.15) is 129 Å². The third-order valence-corrected chi connectivity index (χ3v) is 7.40. The minimum Gasteiger partial charge on any atom is -0.360 e. The van der Waals surface area contributed by atoms with Crippen molar-refractivity contribution in [3.05, 3.63) is 12.2 Å². The fourth-order valence-electron chi connectivity index (χ4n) is 4.51. The summed E-state index contributed by atoms with van der Waals surface area (Å²) in [6, 6.07) is 0. The molecule has 0 aliphatic heterocycles. The van der Waals surface area contributed by atoms with Gasteiger partial charge in [0.2, 0.25) is 16.2 Å². The molecule has 33 heavy (non-hydrogen) atoms. The number of anilines is 2. The SMILES string of the molecule is CCCCCCCCC=CCCCCCCCC(=O)Nc1nnc(NCC2CCCCC2)s1. The highest BCUT2D eigenvalue weighted by atomic mass is 32.1. The Balaban J connectivity index is 1.39. The minimum absolute atomic E-state index is 0.0580. The topological polar surface area (TPSA) is 66.9 Å². The first-order chi connectivity index (χ1) is 16.3. The van der Waals surface area contributed by atoms with Gasteiger partial charge in [-0.15, -0.1) is 10.2 Å². The molecule has 0 atom stereocenters. The first kappa shape index (κ1) is 27.8. The summed E-state index contributed by atoms with van der Waals surface area (Å²) in [4.78, 5) is 12.2. The van der Waals surface area contributed by atoms with Crippen LogP contribution in [0.5, 0.6) is 0 Å². The quantitative estimate of drug-likeness (QED) is 0.155. The Morgan fingerprint density at radius 3 is 2.15 bits per heavy atom. The summed E-state index contributed by atoms with van der Waals surface area (Å²) < 4.78 is 0. The van der Waals surface area contributed by atoms with Gasteiger partial charge in [-0.1, -0.05) is 101 Å².